The van der Waals surface area contributed by atoms with E-state index in [1.165, 1.54) is 0 Å². The van der Waals surface area contributed by atoms with Crippen LogP contribution in [0.15, 0.2) is 24.3 Å². The Labute approximate surface area is 128 Å². The molecule has 1 heterocycles. The zero-order chi connectivity index (χ0) is 15.5. The van der Waals surface area contributed by atoms with E-state index in [1.54, 1.807) is 24.3 Å². The van der Waals surface area contributed by atoms with Crippen LogP contribution in [0.4, 0.5) is 5.69 Å². The first kappa shape index (κ1) is 14.4. The third-order valence-electron chi connectivity index (χ3n) is 5.55. The number of carbonyl (C=O) groups is 2. The van der Waals surface area contributed by atoms with Crippen molar-refractivity contribution in [2.75, 3.05) is 5.32 Å². The van der Waals surface area contributed by atoms with Gasteiger partial charge in [-0.25, -0.2) is 0 Å². The summed E-state index contributed by atoms with van der Waals surface area (Å²) >= 11 is 5.84. The Bertz CT molecular complexity index is 625. The van der Waals surface area contributed by atoms with Gasteiger partial charge in [-0.3, -0.25) is 9.59 Å². The molecule has 0 aromatic heterocycles. The smallest absolute Gasteiger partial charge is 0.313 e. The predicted octanol–water partition coefficient (Wildman–Crippen LogP) is 3.40. The zero-order valence-corrected chi connectivity index (χ0v) is 13.1. The summed E-state index contributed by atoms with van der Waals surface area (Å²) in [5.74, 6) is -0.533. The van der Waals surface area contributed by atoms with E-state index in [-0.39, 0.29) is 11.9 Å². The molecule has 0 radical (unpaired) electrons. The summed E-state index contributed by atoms with van der Waals surface area (Å²) in [5.41, 5.74) is -1.57. The summed E-state index contributed by atoms with van der Waals surface area (Å²) in [5, 5.41) is 3.45. The normalized spacial score (nSPS) is 32.9. The number of halogens is 1. The Morgan fingerprint density at radius 1 is 1.19 bits per heavy atom. The minimum absolute atomic E-state index is 0.260. The van der Waals surface area contributed by atoms with E-state index in [4.69, 9.17) is 16.3 Å². The second-order valence-electron chi connectivity index (χ2n) is 6.63. The molecule has 1 saturated heterocycles. The lowest BCUT2D eigenvalue weighted by atomic mass is 9.66. The molecule has 1 amide bonds. The lowest BCUT2D eigenvalue weighted by Gasteiger charge is -2.35. The maximum atomic E-state index is 12.8. The maximum Gasteiger partial charge on any atom is 0.313 e. The summed E-state index contributed by atoms with van der Waals surface area (Å²) in [4.78, 5) is 24.9. The highest BCUT2D eigenvalue weighted by molar-refractivity contribution is 6.30. The van der Waals surface area contributed by atoms with Gasteiger partial charge in [0.1, 0.15) is 0 Å². The number of amides is 1. The fraction of sp³-hybridized carbons (Fsp3) is 0.500. The van der Waals surface area contributed by atoms with Crippen LogP contribution in [-0.2, 0) is 14.3 Å². The number of rotatable bonds is 2. The molecule has 1 aromatic rings. The monoisotopic (exact) mass is 307 g/mol. The molecule has 1 aliphatic carbocycles. The van der Waals surface area contributed by atoms with Gasteiger partial charge in [0.2, 0.25) is 0 Å². The molecule has 3 rings (SSSR count). The molecule has 2 bridgehead atoms. The van der Waals surface area contributed by atoms with Crippen molar-refractivity contribution < 1.29 is 14.3 Å². The van der Waals surface area contributed by atoms with E-state index in [2.05, 4.69) is 5.32 Å². The molecule has 4 nitrogen and oxygen atoms in total. The Balaban J connectivity index is 1.91. The van der Waals surface area contributed by atoms with Crippen molar-refractivity contribution in [1.82, 2.24) is 0 Å². The largest absolute Gasteiger partial charge is 0.448 e. The minimum atomic E-state index is -1.08. The molecule has 21 heavy (non-hydrogen) atoms. The van der Waals surface area contributed by atoms with E-state index < -0.39 is 16.4 Å². The van der Waals surface area contributed by atoms with Crippen LogP contribution in [0.3, 0.4) is 0 Å². The van der Waals surface area contributed by atoms with Crippen molar-refractivity contribution in [3.8, 4) is 0 Å². The number of fused-ring (bicyclic) bond motifs is 2. The number of esters is 1. The van der Waals surface area contributed by atoms with Gasteiger partial charge in [-0.05, 0) is 44.0 Å². The summed E-state index contributed by atoms with van der Waals surface area (Å²) in [7, 11) is 0. The molecule has 2 fully saturated rings. The number of hydrogen-bond donors (Lipinski definition) is 1. The molecule has 112 valence electrons. The van der Waals surface area contributed by atoms with Crippen LogP contribution in [0.2, 0.25) is 5.02 Å². The fourth-order valence-electron chi connectivity index (χ4n) is 3.51. The van der Waals surface area contributed by atoms with Gasteiger partial charge in [0.25, 0.3) is 5.91 Å². The first-order valence-corrected chi connectivity index (χ1v) is 7.41. The van der Waals surface area contributed by atoms with Crippen molar-refractivity contribution in [2.24, 2.45) is 10.8 Å². The maximum absolute atomic E-state index is 12.8. The van der Waals surface area contributed by atoms with Gasteiger partial charge in [0, 0.05) is 16.1 Å². The van der Waals surface area contributed by atoms with Crippen LogP contribution in [0.5, 0.6) is 0 Å². The van der Waals surface area contributed by atoms with Gasteiger partial charge >= 0.3 is 5.97 Å². The van der Waals surface area contributed by atoms with E-state index >= 15 is 0 Å². The van der Waals surface area contributed by atoms with Crippen molar-refractivity contribution in [1.29, 1.82) is 0 Å². The molecular weight excluding hydrogens is 290 g/mol. The SMILES string of the molecule is CC1(C)[C@@]2(C)CC[C@@]1(C(=O)Nc1ccc(Cl)cc1)OC2=O. The van der Waals surface area contributed by atoms with Gasteiger partial charge in [-0.2, -0.15) is 0 Å². The number of carbonyl (C=O) groups excluding carboxylic acids is 2. The Morgan fingerprint density at radius 3 is 2.29 bits per heavy atom. The Kier molecular flexibility index (Phi) is 2.90. The quantitative estimate of drug-likeness (QED) is 0.852. The molecule has 1 N–H and O–H groups in total. The van der Waals surface area contributed by atoms with E-state index in [0.29, 0.717) is 23.6 Å². The van der Waals surface area contributed by atoms with Gasteiger partial charge in [-0.1, -0.05) is 25.4 Å². The third kappa shape index (κ3) is 1.68. The minimum Gasteiger partial charge on any atom is -0.448 e. The van der Waals surface area contributed by atoms with Gasteiger partial charge in [0.05, 0.1) is 5.41 Å². The average Bonchev–Trinajstić information content (AvgIpc) is 2.72. The van der Waals surface area contributed by atoms with Crippen molar-refractivity contribution in [3.63, 3.8) is 0 Å². The number of ether oxygens (including phenoxy) is 1. The first-order chi connectivity index (χ1) is 9.73. The Hall–Kier alpha value is -1.55. The zero-order valence-electron chi connectivity index (χ0n) is 12.3. The Morgan fingerprint density at radius 2 is 1.81 bits per heavy atom. The molecule has 0 unspecified atom stereocenters. The van der Waals surface area contributed by atoms with Crippen LogP contribution >= 0.6 is 11.6 Å². The third-order valence-corrected chi connectivity index (χ3v) is 5.80. The average molecular weight is 308 g/mol. The molecule has 5 heteroatoms. The van der Waals surface area contributed by atoms with Crippen LogP contribution in [0.25, 0.3) is 0 Å². The lowest BCUT2D eigenvalue weighted by molar-refractivity contribution is -0.165. The van der Waals surface area contributed by atoms with Crippen molar-refractivity contribution in [3.05, 3.63) is 29.3 Å². The van der Waals surface area contributed by atoms with Gasteiger partial charge < -0.3 is 10.1 Å². The van der Waals surface area contributed by atoms with Crippen molar-refractivity contribution >= 4 is 29.2 Å². The lowest BCUT2D eigenvalue weighted by Crippen LogP contribution is -2.50. The summed E-state index contributed by atoms with van der Waals surface area (Å²) in [6, 6.07) is 6.88. The van der Waals surface area contributed by atoms with Crippen LogP contribution < -0.4 is 5.32 Å². The van der Waals surface area contributed by atoms with E-state index in [1.807, 2.05) is 20.8 Å². The summed E-state index contributed by atoms with van der Waals surface area (Å²) in [6.07, 6.45) is 1.23. The molecule has 2 atom stereocenters. The summed E-state index contributed by atoms with van der Waals surface area (Å²) < 4.78 is 5.55. The second kappa shape index (κ2) is 4.23. The van der Waals surface area contributed by atoms with Gasteiger partial charge in [-0.15, -0.1) is 0 Å². The topological polar surface area (TPSA) is 55.4 Å². The van der Waals surface area contributed by atoms with Gasteiger partial charge in [0.15, 0.2) is 5.60 Å². The number of anilines is 1. The second-order valence-corrected chi connectivity index (χ2v) is 7.07. The molecule has 2 aliphatic rings. The predicted molar refractivity (Wildman–Crippen MR) is 80.0 cm³/mol. The molecule has 1 saturated carbocycles. The number of benzene rings is 1. The van der Waals surface area contributed by atoms with E-state index in [9.17, 15) is 9.59 Å². The highest BCUT2D eigenvalue weighted by Crippen LogP contribution is 2.65. The number of hydrogen-bond acceptors (Lipinski definition) is 3. The van der Waals surface area contributed by atoms with Crippen molar-refractivity contribution in [2.45, 2.75) is 39.2 Å². The summed E-state index contributed by atoms with van der Waals surface area (Å²) in [6.45, 7) is 5.76. The fourth-order valence-corrected chi connectivity index (χ4v) is 3.64. The molecule has 1 aliphatic heterocycles. The van der Waals surface area contributed by atoms with Crippen LogP contribution in [-0.4, -0.2) is 17.5 Å². The van der Waals surface area contributed by atoms with Crippen LogP contribution in [0.1, 0.15) is 33.6 Å². The van der Waals surface area contributed by atoms with Crippen LogP contribution in [0, 0.1) is 10.8 Å². The van der Waals surface area contributed by atoms with E-state index in [0.717, 1.165) is 0 Å². The molecule has 0 spiro atoms. The number of nitrogens with one attached hydrogen (secondary N) is 1. The molecule has 1 aromatic carbocycles. The standard InChI is InChI=1S/C16H18ClNO3/c1-14(2)15(3)8-9-16(14,21-13(15)20)12(19)18-11-6-4-10(17)5-7-11/h4-7H,8-9H2,1-3H3,(H,18,19)/t15-,16-/m0/s1. The molecular formula is C16H18ClNO3. The highest BCUT2D eigenvalue weighted by atomic mass is 35.5. The first-order valence-electron chi connectivity index (χ1n) is 7.03. The highest BCUT2D eigenvalue weighted by Gasteiger charge is 2.75.